The number of aromatic nitrogens is 2. The minimum atomic E-state index is -0.00498. The highest BCUT2D eigenvalue weighted by Crippen LogP contribution is 2.24. The molecule has 1 N–H and O–H groups in total. The Morgan fingerprint density at radius 2 is 1.85 bits per heavy atom. The number of likely N-dealkylation sites (tertiary alicyclic amines) is 1. The predicted molar refractivity (Wildman–Crippen MR) is 131 cm³/mol. The summed E-state index contributed by atoms with van der Waals surface area (Å²) < 4.78 is 11.2. The fourth-order valence-corrected chi connectivity index (χ4v) is 4.64. The average Bonchev–Trinajstić information content (AvgIpc) is 3.57. The van der Waals surface area contributed by atoms with Crippen LogP contribution in [0.25, 0.3) is 10.7 Å². The first-order valence-electron chi connectivity index (χ1n) is 11.4. The number of carbonyl (C=O) groups excluding carboxylic acids is 1. The minimum Gasteiger partial charge on any atom is -0.489 e. The van der Waals surface area contributed by atoms with Crippen molar-refractivity contribution in [3.8, 4) is 16.5 Å². The monoisotopic (exact) mass is 474 g/mol. The van der Waals surface area contributed by atoms with Crippen LogP contribution >= 0.6 is 11.3 Å². The van der Waals surface area contributed by atoms with E-state index in [4.69, 9.17) is 9.26 Å². The maximum Gasteiger partial charge on any atom is 0.241 e. The van der Waals surface area contributed by atoms with Crippen LogP contribution in [0, 0.1) is 5.92 Å². The Labute approximate surface area is 202 Å². The smallest absolute Gasteiger partial charge is 0.241 e. The second kappa shape index (κ2) is 10.6. The van der Waals surface area contributed by atoms with Gasteiger partial charge in [0.05, 0.1) is 11.4 Å². The molecule has 0 unspecified atom stereocenters. The van der Waals surface area contributed by atoms with E-state index in [-0.39, 0.29) is 11.8 Å². The van der Waals surface area contributed by atoms with E-state index in [2.05, 4.69) is 20.4 Å². The predicted octanol–water partition coefficient (Wildman–Crippen LogP) is 5.23. The molecule has 0 atom stereocenters. The molecule has 8 heteroatoms. The lowest BCUT2D eigenvalue weighted by molar-refractivity contribution is -0.121. The van der Waals surface area contributed by atoms with Crippen molar-refractivity contribution in [2.75, 3.05) is 18.4 Å². The number of piperidine rings is 1. The molecule has 5 rings (SSSR count). The molecule has 0 bridgehead atoms. The van der Waals surface area contributed by atoms with Crippen molar-refractivity contribution in [1.82, 2.24) is 15.0 Å². The molecule has 174 valence electrons. The zero-order chi connectivity index (χ0) is 23.2. The zero-order valence-corrected chi connectivity index (χ0v) is 19.5. The normalized spacial score (nSPS) is 14.7. The Bertz CT molecular complexity index is 1180. The van der Waals surface area contributed by atoms with Crippen molar-refractivity contribution in [3.05, 3.63) is 83.6 Å². The maximum atomic E-state index is 12.8. The highest BCUT2D eigenvalue weighted by molar-refractivity contribution is 7.13. The number of rotatable bonds is 8. The van der Waals surface area contributed by atoms with E-state index < -0.39 is 0 Å². The van der Waals surface area contributed by atoms with Gasteiger partial charge < -0.3 is 14.6 Å². The topological polar surface area (TPSA) is 80.5 Å². The van der Waals surface area contributed by atoms with Gasteiger partial charge in [0.25, 0.3) is 0 Å². The van der Waals surface area contributed by atoms with Gasteiger partial charge in [-0.05, 0) is 67.2 Å². The van der Waals surface area contributed by atoms with Crippen LogP contribution in [0.15, 0.2) is 76.6 Å². The molecule has 2 aromatic heterocycles. The summed E-state index contributed by atoms with van der Waals surface area (Å²) >= 11 is 1.59. The molecule has 0 radical (unpaired) electrons. The lowest BCUT2D eigenvalue weighted by atomic mass is 9.96. The Hall–Kier alpha value is -3.49. The Morgan fingerprint density at radius 3 is 2.59 bits per heavy atom. The zero-order valence-electron chi connectivity index (χ0n) is 18.7. The van der Waals surface area contributed by atoms with Crippen LogP contribution in [0.1, 0.15) is 24.3 Å². The third-order valence-corrected chi connectivity index (χ3v) is 6.76. The van der Waals surface area contributed by atoms with E-state index >= 15 is 0 Å². The molecule has 1 fully saturated rings. The van der Waals surface area contributed by atoms with Crippen LogP contribution in [-0.2, 0) is 17.9 Å². The number of nitrogens with zero attached hydrogens (tertiary/aromatic N) is 3. The van der Waals surface area contributed by atoms with Gasteiger partial charge in [-0.3, -0.25) is 9.69 Å². The Kier molecular flexibility index (Phi) is 6.97. The molecule has 1 saturated heterocycles. The summed E-state index contributed by atoms with van der Waals surface area (Å²) in [6.07, 6.45) is 1.60. The number of ether oxygens (including phenoxy) is 1. The molecule has 1 aliphatic rings. The summed E-state index contributed by atoms with van der Waals surface area (Å²) in [6, 6.07) is 21.5. The van der Waals surface area contributed by atoms with Crippen LogP contribution in [-0.4, -0.2) is 34.0 Å². The summed E-state index contributed by atoms with van der Waals surface area (Å²) in [6.45, 7) is 2.77. The summed E-state index contributed by atoms with van der Waals surface area (Å²) in [7, 11) is 0. The number of carbonyl (C=O) groups is 1. The summed E-state index contributed by atoms with van der Waals surface area (Å²) in [4.78, 5) is 20.5. The third kappa shape index (κ3) is 5.70. The van der Waals surface area contributed by atoms with Crippen molar-refractivity contribution in [3.63, 3.8) is 0 Å². The van der Waals surface area contributed by atoms with Crippen LogP contribution in [0.2, 0.25) is 0 Å². The lowest BCUT2D eigenvalue weighted by Gasteiger charge is -2.30. The number of hydrogen-bond donors (Lipinski definition) is 1. The van der Waals surface area contributed by atoms with Gasteiger partial charge in [0.15, 0.2) is 0 Å². The largest absolute Gasteiger partial charge is 0.489 e. The van der Waals surface area contributed by atoms with Gasteiger partial charge in [0.2, 0.25) is 17.6 Å². The molecule has 0 saturated carbocycles. The fourth-order valence-electron chi connectivity index (χ4n) is 3.99. The standard InChI is InChI=1S/C26H26N4O3S/c31-26(27-21-8-10-22(11-9-21)32-18-19-5-2-1-3-6-19)20-12-14-30(15-13-20)17-24-28-25(29-33-24)23-7-4-16-34-23/h1-11,16,20H,12-15,17-18H2,(H,27,31). The highest BCUT2D eigenvalue weighted by atomic mass is 32.1. The summed E-state index contributed by atoms with van der Waals surface area (Å²) in [5, 5.41) is 9.11. The van der Waals surface area contributed by atoms with Crippen LogP contribution in [0.5, 0.6) is 5.75 Å². The first kappa shape index (κ1) is 22.3. The van der Waals surface area contributed by atoms with Crippen molar-refractivity contribution in [1.29, 1.82) is 0 Å². The summed E-state index contributed by atoms with van der Waals surface area (Å²) in [5.41, 5.74) is 1.90. The molecular formula is C26H26N4O3S. The van der Waals surface area contributed by atoms with Gasteiger partial charge in [-0.15, -0.1) is 11.3 Å². The van der Waals surface area contributed by atoms with Crippen molar-refractivity contribution < 1.29 is 14.1 Å². The van der Waals surface area contributed by atoms with E-state index in [9.17, 15) is 4.79 Å². The quantitative estimate of drug-likeness (QED) is 0.377. The number of thiophene rings is 1. The van der Waals surface area contributed by atoms with Crippen LogP contribution in [0.3, 0.4) is 0 Å². The van der Waals surface area contributed by atoms with E-state index in [1.807, 2.05) is 72.1 Å². The molecule has 2 aromatic carbocycles. The number of hydrogen-bond acceptors (Lipinski definition) is 7. The van der Waals surface area contributed by atoms with E-state index in [0.29, 0.717) is 24.9 Å². The SMILES string of the molecule is O=C(Nc1ccc(OCc2ccccc2)cc1)C1CCN(Cc2nc(-c3cccs3)no2)CC1. The molecular weight excluding hydrogens is 448 g/mol. The molecule has 4 aromatic rings. The minimum absolute atomic E-state index is 0.00498. The number of amides is 1. The fraction of sp³-hybridized carbons (Fsp3) is 0.269. The molecule has 3 heterocycles. The molecule has 34 heavy (non-hydrogen) atoms. The first-order valence-corrected chi connectivity index (χ1v) is 12.3. The third-order valence-electron chi connectivity index (χ3n) is 5.90. The summed E-state index contributed by atoms with van der Waals surface area (Å²) in [5.74, 6) is 2.08. The molecule has 1 aliphatic heterocycles. The van der Waals surface area contributed by atoms with Gasteiger partial charge in [-0.1, -0.05) is 41.6 Å². The highest BCUT2D eigenvalue weighted by Gasteiger charge is 2.26. The molecule has 7 nitrogen and oxygen atoms in total. The number of anilines is 1. The average molecular weight is 475 g/mol. The maximum absolute atomic E-state index is 12.8. The second-order valence-electron chi connectivity index (χ2n) is 8.33. The Balaban J connectivity index is 1.06. The van der Waals surface area contributed by atoms with Crippen molar-refractivity contribution in [2.24, 2.45) is 5.92 Å². The van der Waals surface area contributed by atoms with Gasteiger partial charge in [-0.25, -0.2) is 0 Å². The number of nitrogens with one attached hydrogen (secondary N) is 1. The van der Waals surface area contributed by atoms with Gasteiger partial charge >= 0.3 is 0 Å². The van der Waals surface area contributed by atoms with E-state index in [1.165, 1.54) is 0 Å². The van der Waals surface area contributed by atoms with E-state index in [1.54, 1.807) is 11.3 Å². The second-order valence-corrected chi connectivity index (χ2v) is 9.28. The van der Waals surface area contributed by atoms with Gasteiger partial charge in [-0.2, -0.15) is 4.98 Å². The van der Waals surface area contributed by atoms with Crippen molar-refractivity contribution >= 4 is 22.9 Å². The molecule has 1 amide bonds. The first-order chi connectivity index (χ1) is 16.7. The van der Waals surface area contributed by atoms with Crippen molar-refractivity contribution in [2.45, 2.75) is 26.0 Å². The Morgan fingerprint density at radius 1 is 1.06 bits per heavy atom. The molecule has 0 aliphatic carbocycles. The van der Waals surface area contributed by atoms with Gasteiger partial charge in [0.1, 0.15) is 12.4 Å². The lowest BCUT2D eigenvalue weighted by Crippen LogP contribution is -2.37. The van der Waals surface area contributed by atoms with E-state index in [0.717, 1.165) is 47.8 Å². The number of benzene rings is 2. The molecule has 0 spiro atoms. The van der Waals surface area contributed by atoms with Crippen LogP contribution < -0.4 is 10.1 Å². The van der Waals surface area contributed by atoms with Crippen LogP contribution in [0.4, 0.5) is 5.69 Å². The van der Waals surface area contributed by atoms with Gasteiger partial charge in [0, 0.05) is 11.6 Å².